The van der Waals surface area contributed by atoms with Gasteiger partial charge in [-0.3, -0.25) is 14.3 Å². The molecule has 0 saturated carbocycles. The smallest absolute Gasteiger partial charge is 0.245 e. The molecule has 0 aliphatic carbocycles. The molecule has 1 fully saturated rings. The van der Waals surface area contributed by atoms with Crippen molar-refractivity contribution in [1.29, 1.82) is 0 Å². The van der Waals surface area contributed by atoms with Gasteiger partial charge in [0.15, 0.2) is 0 Å². The molecule has 2 heterocycles. The van der Waals surface area contributed by atoms with Crippen molar-refractivity contribution in [3.05, 3.63) is 17.5 Å². The predicted octanol–water partition coefficient (Wildman–Crippen LogP) is 0.992. The van der Waals surface area contributed by atoms with Gasteiger partial charge in [0.1, 0.15) is 6.04 Å². The van der Waals surface area contributed by atoms with Crippen LogP contribution >= 0.6 is 0 Å². The van der Waals surface area contributed by atoms with E-state index in [1.54, 1.807) is 9.58 Å². The van der Waals surface area contributed by atoms with Crippen molar-refractivity contribution in [3.8, 4) is 0 Å². The molecule has 2 rings (SSSR count). The Bertz CT molecular complexity index is 538. The second-order valence-corrected chi connectivity index (χ2v) is 5.84. The predicted molar refractivity (Wildman–Crippen MR) is 79.4 cm³/mol. The van der Waals surface area contributed by atoms with Crippen molar-refractivity contribution >= 4 is 11.8 Å². The molecule has 1 aromatic rings. The van der Waals surface area contributed by atoms with Crippen LogP contribution < -0.4 is 5.32 Å². The van der Waals surface area contributed by atoms with E-state index < -0.39 is 6.04 Å². The zero-order valence-electron chi connectivity index (χ0n) is 13.2. The summed E-state index contributed by atoms with van der Waals surface area (Å²) >= 11 is 0. The summed E-state index contributed by atoms with van der Waals surface area (Å²) in [6, 6.07) is 1.56. The lowest BCUT2D eigenvalue weighted by Gasteiger charge is -2.27. The molecule has 6 heteroatoms. The summed E-state index contributed by atoms with van der Waals surface area (Å²) in [5.41, 5.74) is 1.92. The van der Waals surface area contributed by atoms with Gasteiger partial charge >= 0.3 is 0 Å². The molecule has 0 bridgehead atoms. The van der Waals surface area contributed by atoms with E-state index in [0.29, 0.717) is 19.5 Å². The average Bonchev–Trinajstić information content (AvgIpc) is 2.69. The zero-order chi connectivity index (χ0) is 15.6. The van der Waals surface area contributed by atoms with E-state index in [1.165, 1.54) is 0 Å². The van der Waals surface area contributed by atoms with Gasteiger partial charge in [-0.15, -0.1) is 0 Å². The van der Waals surface area contributed by atoms with E-state index in [-0.39, 0.29) is 17.7 Å². The topological polar surface area (TPSA) is 67.2 Å². The molecule has 2 atom stereocenters. The Morgan fingerprint density at radius 3 is 2.76 bits per heavy atom. The molecular weight excluding hydrogens is 268 g/mol. The number of carbonyl (C=O) groups excluding carboxylic acids is 2. The summed E-state index contributed by atoms with van der Waals surface area (Å²) < 4.78 is 1.79. The molecule has 0 radical (unpaired) electrons. The Hall–Kier alpha value is -1.85. The van der Waals surface area contributed by atoms with Crippen LogP contribution in [0.2, 0.25) is 0 Å². The van der Waals surface area contributed by atoms with E-state index in [2.05, 4.69) is 10.4 Å². The first-order chi connectivity index (χ1) is 9.92. The van der Waals surface area contributed by atoms with E-state index in [4.69, 9.17) is 0 Å². The van der Waals surface area contributed by atoms with Gasteiger partial charge in [-0.25, -0.2) is 0 Å². The first kappa shape index (κ1) is 15.5. The first-order valence-electron chi connectivity index (χ1n) is 7.50. The molecule has 1 aromatic heterocycles. The van der Waals surface area contributed by atoms with Crippen molar-refractivity contribution in [2.75, 3.05) is 6.54 Å². The fraction of sp³-hybridized carbons (Fsp3) is 0.667. The van der Waals surface area contributed by atoms with E-state index in [9.17, 15) is 9.59 Å². The van der Waals surface area contributed by atoms with Crippen LogP contribution in [-0.4, -0.2) is 39.1 Å². The molecule has 1 aliphatic rings. The summed E-state index contributed by atoms with van der Waals surface area (Å²) in [6.07, 6.45) is 1.21. The minimum absolute atomic E-state index is 0.00838. The molecule has 6 nitrogen and oxygen atoms in total. The Morgan fingerprint density at radius 2 is 2.19 bits per heavy atom. The number of carbonyl (C=O) groups is 2. The molecule has 0 spiro atoms. The normalized spacial score (nSPS) is 21.1. The third-order valence-electron chi connectivity index (χ3n) is 4.17. The van der Waals surface area contributed by atoms with Crippen molar-refractivity contribution in [3.63, 3.8) is 0 Å². The van der Waals surface area contributed by atoms with Crippen LogP contribution in [0.15, 0.2) is 6.07 Å². The van der Waals surface area contributed by atoms with Crippen LogP contribution in [0.4, 0.5) is 0 Å². The van der Waals surface area contributed by atoms with Crippen molar-refractivity contribution in [2.45, 2.75) is 46.2 Å². The number of nitrogens with zero attached hydrogens (tertiary/aromatic N) is 3. The third-order valence-corrected chi connectivity index (χ3v) is 4.17. The Morgan fingerprint density at radius 1 is 1.48 bits per heavy atom. The van der Waals surface area contributed by atoms with E-state index >= 15 is 0 Å². The fourth-order valence-corrected chi connectivity index (χ4v) is 2.64. The van der Waals surface area contributed by atoms with Gasteiger partial charge < -0.3 is 10.2 Å². The number of aryl methyl sites for hydroxylation is 2. The SMILES string of the molecule is CCC(C)C1NC(=O)CCN(Cc2cc(C)nn2C)C1=O. The summed E-state index contributed by atoms with van der Waals surface area (Å²) in [6.45, 7) is 6.92. The maximum absolute atomic E-state index is 12.7. The van der Waals surface area contributed by atoms with Gasteiger partial charge in [0.2, 0.25) is 11.8 Å². The minimum atomic E-state index is -0.417. The standard InChI is InChI=1S/C15H24N4O2/c1-5-10(2)14-15(21)19(7-6-13(20)16-14)9-12-8-11(3)17-18(12)4/h8,10,14H,5-7,9H2,1-4H3,(H,16,20). The lowest BCUT2D eigenvalue weighted by Crippen LogP contribution is -2.48. The second kappa shape index (κ2) is 6.28. The van der Waals surface area contributed by atoms with Crippen LogP contribution in [-0.2, 0) is 23.2 Å². The highest BCUT2D eigenvalue weighted by molar-refractivity contribution is 5.90. The Balaban J connectivity index is 2.19. The summed E-state index contributed by atoms with van der Waals surface area (Å²) in [5, 5.41) is 7.17. The molecule has 2 unspecified atom stereocenters. The van der Waals surface area contributed by atoms with Crippen molar-refractivity contribution < 1.29 is 9.59 Å². The summed E-state index contributed by atoms with van der Waals surface area (Å²) in [5.74, 6) is 0.0988. The molecule has 0 aromatic carbocycles. The van der Waals surface area contributed by atoms with Crippen LogP contribution in [0.3, 0.4) is 0 Å². The molecule has 1 N–H and O–H groups in total. The van der Waals surface area contributed by atoms with Gasteiger partial charge in [0.05, 0.1) is 17.9 Å². The second-order valence-electron chi connectivity index (χ2n) is 5.84. The number of amides is 2. The molecule has 2 amide bonds. The number of hydrogen-bond donors (Lipinski definition) is 1. The van der Waals surface area contributed by atoms with Gasteiger partial charge in [-0.2, -0.15) is 5.10 Å². The van der Waals surface area contributed by atoms with Gasteiger partial charge in [-0.1, -0.05) is 20.3 Å². The van der Waals surface area contributed by atoms with Crippen molar-refractivity contribution in [2.24, 2.45) is 13.0 Å². The fourth-order valence-electron chi connectivity index (χ4n) is 2.64. The monoisotopic (exact) mass is 292 g/mol. The molecule has 116 valence electrons. The zero-order valence-corrected chi connectivity index (χ0v) is 13.2. The highest BCUT2D eigenvalue weighted by Crippen LogP contribution is 2.16. The van der Waals surface area contributed by atoms with Gasteiger partial charge in [-0.05, 0) is 18.9 Å². The van der Waals surface area contributed by atoms with Crippen LogP contribution in [0.25, 0.3) is 0 Å². The van der Waals surface area contributed by atoms with Crippen LogP contribution in [0, 0.1) is 12.8 Å². The van der Waals surface area contributed by atoms with E-state index in [1.807, 2.05) is 33.9 Å². The number of nitrogens with one attached hydrogen (secondary N) is 1. The van der Waals surface area contributed by atoms with Crippen LogP contribution in [0.1, 0.15) is 38.1 Å². The number of hydrogen-bond acceptors (Lipinski definition) is 3. The molecule has 1 saturated heterocycles. The summed E-state index contributed by atoms with van der Waals surface area (Å²) in [7, 11) is 1.88. The minimum Gasteiger partial charge on any atom is -0.344 e. The molecule has 1 aliphatic heterocycles. The average molecular weight is 292 g/mol. The lowest BCUT2D eigenvalue weighted by atomic mass is 9.98. The quantitative estimate of drug-likeness (QED) is 0.900. The van der Waals surface area contributed by atoms with Crippen LogP contribution in [0.5, 0.6) is 0 Å². The van der Waals surface area contributed by atoms with Gasteiger partial charge in [0, 0.05) is 20.0 Å². The summed E-state index contributed by atoms with van der Waals surface area (Å²) in [4.78, 5) is 26.3. The third kappa shape index (κ3) is 3.43. The van der Waals surface area contributed by atoms with Gasteiger partial charge in [0.25, 0.3) is 0 Å². The highest BCUT2D eigenvalue weighted by Gasteiger charge is 2.33. The lowest BCUT2D eigenvalue weighted by molar-refractivity contribution is -0.135. The Kier molecular flexibility index (Phi) is 4.65. The number of aromatic nitrogens is 2. The maximum atomic E-state index is 12.7. The molecular formula is C15H24N4O2. The Labute approximate surface area is 125 Å². The van der Waals surface area contributed by atoms with Crippen molar-refractivity contribution in [1.82, 2.24) is 20.0 Å². The largest absolute Gasteiger partial charge is 0.344 e. The highest BCUT2D eigenvalue weighted by atomic mass is 16.2. The number of rotatable bonds is 4. The molecule has 21 heavy (non-hydrogen) atoms. The maximum Gasteiger partial charge on any atom is 0.245 e. The first-order valence-corrected chi connectivity index (χ1v) is 7.50. The van der Waals surface area contributed by atoms with E-state index in [0.717, 1.165) is 17.8 Å².